The van der Waals surface area contributed by atoms with Gasteiger partial charge in [0.2, 0.25) is 0 Å². The first kappa shape index (κ1) is 8.73. The first-order chi connectivity index (χ1) is 6.33. The molecule has 1 aromatic rings. The van der Waals surface area contributed by atoms with Gasteiger partial charge in [-0.25, -0.2) is 0 Å². The molecule has 0 amide bonds. The van der Waals surface area contributed by atoms with Gasteiger partial charge in [0.05, 0.1) is 12.7 Å². The summed E-state index contributed by atoms with van der Waals surface area (Å²) in [5.74, 6) is 0.366. The Balaban J connectivity index is 2.39. The van der Waals surface area contributed by atoms with Gasteiger partial charge in [-0.05, 0) is 18.1 Å². The quantitative estimate of drug-likeness (QED) is 0.708. The minimum absolute atomic E-state index is 0.250. The summed E-state index contributed by atoms with van der Waals surface area (Å²) in [4.78, 5) is 0. The Morgan fingerprint density at radius 3 is 3.00 bits per heavy atom. The number of hydrogen-bond acceptors (Lipinski definition) is 2. The van der Waals surface area contributed by atoms with E-state index in [1.54, 1.807) is 0 Å². The number of fused-ring (bicyclic) bond motifs is 1. The topological polar surface area (TPSA) is 35.2 Å². The van der Waals surface area contributed by atoms with E-state index in [4.69, 9.17) is 10.5 Å². The number of rotatable bonds is 1. The van der Waals surface area contributed by atoms with Gasteiger partial charge in [-0.1, -0.05) is 24.3 Å². The van der Waals surface area contributed by atoms with E-state index in [1.807, 2.05) is 6.07 Å². The molecule has 0 spiro atoms. The van der Waals surface area contributed by atoms with Gasteiger partial charge in [-0.15, -0.1) is 0 Å². The maximum atomic E-state index is 5.73. The smallest absolute Gasteiger partial charge is 0.0723 e. The maximum absolute atomic E-state index is 5.73. The van der Waals surface area contributed by atoms with E-state index in [9.17, 15) is 0 Å². The number of nitrogens with two attached hydrogens (primary N) is 1. The summed E-state index contributed by atoms with van der Waals surface area (Å²) >= 11 is 0. The Hall–Kier alpha value is -0.860. The summed E-state index contributed by atoms with van der Waals surface area (Å²) < 4.78 is 5.63. The van der Waals surface area contributed by atoms with Crippen LogP contribution in [0.25, 0.3) is 0 Å². The monoisotopic (exact) mass is 177 g/mol. The summed E-state index contributed by atoms with van der Waals surface area (Å²) in [7, 11) is 0. The van der Waals surface area contributed by atoms with Crippen LogP contribution in [0.3, 0.4) is 0 Å². The van der Waals surface area contributed by atoms with Crippen LogP contribution in [-0.4, -0.2) is 12.6 Å². The highest BCUT2D eigenvalue weighted by Gasteiger charge is 2.25. The Bertz CT molecular complexity index is 298. The molecule has 0 bridgehead atoms. The van der Waals surface area contributed by atoms with Gasteiger partial charge < -0.3 is 10.5 Å². The molecule has 2 atom stereocenters. The van der Waals surface area contributed by atoms with E-state index in [2.05, 4.69) is 25.1 Å². The number of benzene rings is 1. The molecule has 1 heterocycles. The van der Waals surface area contributed by atoms with Crippen LogP contribution in [0.5, 0.6) is 0 Å². The van der Waals surface area contributed by atoms with E-state index >= 15 is 0 Å². The Morgan fingerprint density at radius 2 is 2.23 bits per heavy atom. The zero-order valence-electron chi connectivity index (χ0n) is 7.86. The molecular formula is C11H15NO. The van der Waals surface area contributed by atoms with Crippen LogP contribution < -0.4 is 5.73 Å². The first-order valence-corrected chi connectivity index (χ1v) is 4.72. The molecule has 0 saturated heterocycles. The highest BCUT2D eigenvalue weighted by molar-refractivity contribution is 5.32. The fraction of sp³-hybridized carbons (Fsp3) is 0.455. The second-order valence-corrected chi connectivity index (χ2v) is 3.56. The van der Waals surface area contributed by atoms with Crippen molar-refractivity contribution in [2.45, 2.75) is 25.6 Å². The highest BCUT2D eigenvalue weighted by Crippen LogP contribution is 2.29. The lowest BCUT2D eigenvalue weighted by Gasteiger charge is -2.30. The van der Waals surface area contributed by atoms with E-state index in [1.165, 1.54) is 11.1 Å². The van der Waals surface area contributed by atoms with E-state index < -0.39 is 0 Å². The molecule has 0 radical (unpaired) electrons. The molecule has 2 N–H and O–H groups in total. The summed E-state index contributed by atoms with van der Waals surface area (Å²) in [6.07, 6.45) is 0.250. The van der Waals surface area contributed by atoms with Crippen LogP contribution in [0.2, 0.25) is 0 Å². The molecule has 0 aliphatic carbocycles. The largest absolute Gasteiger partial charge is 0.373 e. The molecule has 1 aliphatic heterocycles. The molecule has 0 fully saturated rings. The second kappa shape index (κ2) is 3.48. The fourth-order valence-corrected chi connectivity index (χ4v) is 1.94. The standard InChI is InChI=1S/C11H15NO/c1-8-11(6-12)10-5-3-2-4-9(10)7-13-8/h2-5,8,11H,6-7,12H2,1H3. The van der Waals surface area contributed by atoms with Crippen molar-refractivity contribution in [1.82, 2.24) is 0 Å². The molecule has 13 heavy (non-hydrogen) atoms. The third kappa shape index (κ3) is 1.47. The van der Waals surface area contributed by atoms with Crippen LogP contribution in [0.4, 0.5) is 0 Å². The van der Waals surface area contributed by atoms with E-state index in [0.29, 0.717) is 12.5 Å². The first-order valence-electron chi connectivity index (χ1n) is 4.72. The van der Waals surface area contributed by atoms with Crippen LogP contribution in [0.15, 0.2) is 24.3 Å². The van der Waals surface area contributed by atoms with Crippen molar-refractivity contribution in [2.24, 2.45) is 5.73 Å². The molecule has 0 aromatic heterocycles. The van der Waals surface area contributed by atoms with Crippen molar-refractivity contribution in [1.29, 1.82) is 0 Å². The van der Waals surface area contributed by atoms with Gasteiger partial charge >= 0.3 is 0 Å². The molecule has 2 nitrogen and oxygen atoms in total. The summed E-state index contributed by atoms with van der Waals surface area (Å²) in [5.41, 5.74) is 8.38. The Morgan fingerprint density at radius 1 is 1.46 bits per heavy atom. The molecule has 2 heteroatoms. The van der Waals surface area contributed by atoms with Crippen molar-refractivity contribution >= 4 is 0 Å². The molecule has 1 aromatic carbocycles. The lowest BCUT2D eigenvalue weighted by molar-refractivity contribution is 0.0220. The molecule has 2 rings (SSSR count). The van der Waals surface area contributed by atoms with Crippen LogP contribution in [0, 0.1) is 0 Å². The SMILES string of the molecule is CC1OCc2ccccc2C1CN. The zero-order chi connectivity index (χ0) is 9.26. The lowest BCUT2D eigenvalue weighted by atomic mass is 9.88. The van der Waals surface area contributed by atoms with Crippen molar-refractivity contribution in [2.75, 3.05) is 6.54 Å². The molecule has 2 unspecified atom stereocenters. The Labute approximate surface area is 78.7 Å². The van der Waals surface area contributed by atoms with Gasteiger partial charge in [0.1, 0.15) is 0 Å². The van der Waals surface area contributed by atoms with Gasteiger partial charge in [0, 0.05) is 12.5 Å². The molecular weight excluding hydrogens is 162 g/mol. The van der Waals surface area contributed by atoms with Gasteiger partial charge in [0.25, 0.3) is 0 Å². The van der Waals surface area contributed by atoms with Gasteiger partial charge in [-0.2, -0.15) is 0 Å². The van der Waals surface area contributed by atoms with Crippen molar-refractivity contribution in [3.05, 3.63) is 35.4 Å². The van der Waals surface area contributed by atoms with E-state index in [-0.39, 0.29) is 6.10 Å². The second-order valence-electron chi connectivity index (χ2n) is 3.56. The van der Waals surface area contributed by atoms with Crippen LogP contribution in [-0.2, 0) is 11.3 Å². The number of ether oxygens (including phenoxy) is 1. The van der Waals surface area contributed by atoms with Crippen molar-refractivity contribution in [3.8, 4) is 0 Å². The maximum Gasteiger partial charge on any atom is 0.0723 e. The average molecular weight is 177 g/mol. The van der Waals surface area contributed by atoms with Gasteiger partial charge in [-0.3, -0.25) is 0 Å². The molecule has 0 saturated carbocycles. The lowest BCUT2D eigenvalue weighted by Crippen LogP contribution is -2.30. The molecule has 70 valence electrons. The molecule has 1 aliphatic rings. The minimum Gasteiger partial charge on any atom is -0.373 e. The van der Waals surface area contributed by atoms with Crippen LogP contribution >= 0.6 is 0 Å². The summed E-state index contributed by atoms with van der Waals surface area (Å²) in [6.45, 7) is 3.49. The predicted octanol–water partition coefficient (Wildman–Crippen LogP) is 1.65. The Kier molecular flexibility index (Phi) is 2.34. The number of hydrogen-bond donors (Lipinski definition) is 1. The minimum atomic E-state index is 0.250. The van der Waals surface area contributed by atoms with Crippen molar-refractivity contribution in [3.63, 3.8) is 0 Å². The fourth-order valence-electron chi connectivity index (χ4n) is 1.94. The van der Waals surface area contributed by atoms with Gasteiger partial charge in [0.15, 0.2) is 0 Å². The van der Waals surface area contributed by atoms with Crippen LogP contribution in [0.1, 0.15) is 24.0 Å². The third-order valence-electron chi connectivity index (χ3n) is 2.78. The normalized spacial score (nSPS) is 26.9. The highest BCUT2D eigenvalue weighted by atomic mass is 16.5. The summed E-state index contributed by atoms with van der Waals surface area (Å²) in [5, 5.41) is 0. The zero-order valence-corrected chi connectivity index (χ0v) is 7.86. The van der Waals surface area contributed by atoms with E-state index in [0.717, 1.165) is 6.61 Å². The average Bonchev–Trinajstić information content (AvgIpc) is 2.18. The summed E-state index contributed by atoms with van der Waals surface area (Å²) in [6, 6.07) is 8.39. The van der Waals surface area contributed by atoms with Crippen molar-refractivity contribution < 1.29 is 4.74 Å². The third-order valence-corrected chi connectivity index (χ3v) is 2.78. The predicted molar refractivity (Wildman–Crippen MR) is 52.5 cm³/mol.